The van der Waals surface area contributed by atoms with Crippen molar-refractivity contribution in [3.63, 3.8) is 0 Å². The molecule has 1 amide bonds. The highest BCUT2D eigenvalue weighted by Crippen LogP contribution is 2.37. The van der Waals surface area contributed by atoms with Crippen LogP contribution < -0.4 is 9.64 Å². The number of methoxy groups -OCH3 is 1. The highest BCUT2D eigenvalue weighted by Gasteiger charge is 2.50. The van der Waals surface area contributed by atoms with E-state index in [-0.39, 0.29) is 22.9 Å². The molecule has 0 aliphatic carbocycles. The second-order valence-corrected chi connectivity index (χ2v) is 8.02. The summed E-state index contributed by atoms with van der Waals surface area (Å²) in [4.78, 5) is 16.2. The SMILES string of the molecule is C=C/C(=C\C(F)=C(/C)OC(C)C)N1C(=S)N(c2ccc(C#N)c(OC)c2)C(=O)C1(C)C. The fraction of sp³-hybridized carbons (Fsp3) is 0.348. The molecule has 0 radical (unpaired) electrons. The summed E-state index contributed by atoms with van der Waals surface area (Å²) in [7, 11) is 1.44. The number of allylic oxidation sites excluding steroid dienone is 4. The third kappa shape index (κ3) is 4.62. The Bertz CT molecular complexity index is 1020. The second kappa shape index (κ2) is 9.31. The topological polar surface area (TPSA) is 65.8 Å². The number of carbonyl (C=O) groups is 1. The number of hydrogen-bond donors (Lipinski definition) is 0. The molecule has 1 heterocycles. The summed E-state index contributed by atoms with van der Waals surface area (Å²) in [6, 6.07) is 6.77. The number of benzene rings is 1. The first-order valence-electron chi connectivity index (χ1n) is 9.63. The standard InChI is InChI=1S/C23H26FN3O3S/c1-8-17(11-19(24)15(4)30-14(2)3)27-22(31)26(21(28)23(27,5)6)18-10-9-16(13-25)20(12-18)29-7/h8-12,14H,1H2,2-7H3/b17-11+,19-15-. The van der Waals surface area contributed by atoms with Gasteiger partial charge in [-0.25, -0.2) is 4.39 Å². The first-order chi connectivity index (χ1) is 14.5. The van der Waals surface area contributed by atoms with Gasteiger partial charge >= 0.3 is 0 Å². The number of halogens is 1. The molecule has 0 aromatic heterocycles. The molecule has 1 aromatic carbocycles. The Hall–Kier alpha value is -3.18. The molecule has 2 rings (SSSR count). The zero-order valence-corrected chi connectivity index (χ0v) is 19.3. The molecule has 8 heteroatoms. The van der Waals surface area contributed by atoms with Crippen molar-refractivity contribution in [1.29, 1.82) is 5.26 Å². The fourth-order valence-electron chi connectivity index (χ4n) is 3.22. The number of amides is 1. The lowest BCUT2D eigenvalue weighted by molar-refractivity contribution is -0.122. The van der Waals surface area contributed by atoms with E-state index >= 15 is 0 Å². The lowest BCUT2D eigenvalue weighted by Crippen LogP contribution is -2.43. The quantitative estimate of drug-likeness (QED) is 0.337. The van der Waals surface area contributed by atoms with Crippen molar-refractivity contribution in [2.24, 2.45) is 0 Å². The zero-order chi connectivity index (χ0) is 23.5. The molecule has 1 aliphatic heterocycles. The molecular formula is C23H26FN3O3S. The van der Waals surface area contributed by atoms with Gasteiger partial charge in [0, 0.05) is 17.8 Å². The van der Waals surface area contributed by atoms with Crippen LogP contribution in [0.5, 0.6) is 5.75 Å². The Balaban J connectivity index is 2.55. The van der Waals surface area contributed by atoms with Gasteiger partial charge in [0.15, 0.2) is 10.9 Å². The van der Waals surface area contributed by atoms with E-state index in [1.54, 1.807) is 50.8 Å². The highest BCUT2D eigenvalue weighted by atomic mass is 32.1. The van der Waals surface area contributed by atoms with Crippen LogP contribution in [0.4, 0.5) is 10.1 Å². The molecule has 164 valence electrons. The maximum absolute atomic E-state index is 14.7. The highest BCUT2D eigenvalue weighted by molar-refractivity contribution is 7.80. The molecule has 0 N–H and O–H groups in total. The smallest absolute Gasteiger partial charge is 0.259 e. The predicted octanol–water partition coefficient (Wildman–Crippen LogP) is 4.97. The molecule has 0 bridgehead atoms. The molecule has 1 aromatic rings. The van der Waals surface area contributed by atoms with Gasteiger partial charge in [-0.15, -0.1) is 0 Å². The van der Waals surface area contributed by atoms with E-state index in [0.717, 1.165) is 0 Å². The van der Waals surface area contributed by atoms with Crippen LogP contribution in [-0.4, -0.2) is 34.7 Å². The normalized spacial score (nSPS) is 16.9. The summed E-state index contributed by atoms with van der Waals surface area (Å²) in [6.45, 7) is 12.3. The summed E-state index contributed by atoms with van der Waals surface area (Å²) in [6.07, 6.45) is 2.50. The van der Waals surface area contributed by atoms with Gasteiger partial charge in [-0.05, 0) is 65.0 Å². The van der Waals surface area contributed by atoms with Crippen LogP contribution in [0.2, 0.25) is 0 Å². The van der Waals surface area contributed by atoms with E-state index in [2.05, 4.69) is 6.58 Å². The van der Waals surface area contributed by atoms with Crippen LogP contribution in [0.1, 0.15) is 40.2 Å². The van der Waals surface area contributed by atoms with Crippen LogP contribution in [0.25, 0.3) is 0 Å². The molecule has 0 saturated carbocycles. The lowest BCUT2D eigenvalue weighted by Gasteiger charge is -2.30. The molecule has 0 spiro atoms. The summed E-state index contributed by atoms with van der Waals surface area (Å²) >= 11 is 5.61. The van der Waals surface area contributed by atoms with Crippen LogP contribution in [0.3, 0.4) is 0 Å². The second-order valence-electron chi connectivity index (χ2n) is 7.66. The Morgan fingerprint density at radius 3 is 2.55 bits per heavy atom. The van der Waals surface area contributed by atoms with Crippen molar-refractivity contribution in [1.82, 2.24) is 4.90 Å². The summed E-state index contributed by atoms with van der Waals surface area (Å²) in [5.41, 5.74) is -0.0130. The van der Waals surface area contributed by atoms with Gasteiger partial charge in [0.25, 0.3) is 5.91 Å². The third-order valence-corrected chi connectivity index (χ3v) is 5.09. The first kappa shape index (κ1) is 24.1. The number of rotatable bonds is 7. The van der Waals surface area contributed by atoms with Gasteiger partial charge in [0.1, 0.15) is 23.1 Å². The largest absolute Gasteiger partial charge is 0.495 e. The van der Waals surface area contributed by atoms with E-state index in [1.807, 2.05) is 6.07 Å². The van der Waals surface area contributed by atoms with Crippen molar-refractivity contribution in [3.05, 3.63) is 59.8 Å². The minimum atomic E-state index is -1.11. The zero-order valence-electron chi connectivity index (χ0n) is 18.5. The number of anilines is 1. The van der Waals surface area contributed by atoms with Crippen molar-refractivity contribution in [2.45, 2.75) is 46.3 Å². The summed E-state index contributed by atoms with van der Waals surface area (Å²) < 4.78 is 25.4. The van der Waals surface area contributed by atoms with Crippen molar-refractivity contribution in [2.75, 3.05) is 12.0 Å². The molecule has 1 aliphatic rings. The third-order valence-electron chi connectivity index (χ3n) is 4.72. The summed E-state index contributed by atoms with van der Waals surface area (Å²) in [5, 5.41) is 9.37. The average molecular weight is 444 g/mol. The maximum Gasteiger partial charge on any atom is 0.259 e. The van der Waals surface area contributed by atoms with Crippen LogP contribution in [-0.2, 0) is 9.53 Å². The van der Waals surface area contributed by atoms with Crippen molar-refractivity contribution in [3.8, 4) is 11.8 Å². The first-order valence-corrected chi connectivity index (χ1v) is 10.0. The monoisotopic (exact) mass is 443 g/mol. The van der Waals surface area contributed by atoms with Crippen LogP contribution in [0.15, 0.2) is 54.2 Å². The van der Waals surface area contributed by atoms with E-state index < -0.39 is 11.4 Å². The van der Waals surface area contributed by atoms with Crippen LogP contribution in [0, 0.1) is 11.3 Å². The van der Waals surface area contributed by atoms with E-state index in [9.17, 15) is 14.4 Å². The maximum atomic E-state index is 14.7. The molecule has 1 saturated heterocycles. The Labute approximate surface area is 187 Å². The number of carbonyl (C=O) groups excluding carboxylic acids is 1. The molecule has 31 heavy (non-hydrogen) atoms. The number of nitrogens with zero attached hydrogens (tertiary/aromatic N) is 3. The Morgan fingerprint density at radius 2 is 2.03 bits per heavy atom. The Morgan fingerprint density at radius 1 is 1.39 bits per heavy atom. The van der Waals surface area contributed by atoms with Crippen LogP contribution >= 0.6 is 12.2 Å². The Kier molecular flexibility index (Phi) is 7.24. The molecule has 0 atom stereocenters. The molecule has 1 fully saturated rings. The van der Waals surface area contributed by atoms with Gasteiger partial charge in [-0.3, -0.25) is 9.69 Å². The fourth-order valence-corrected chi connectivity index (χ4v) is 3.75. The molecular weight excluding hydrogens is 417 g/mol. The number of thiocarbonyl (C=S) groups is 1. The number of hydrogen-bond acceptors (Lipinski definition) is 5. The van der Waals surface area contributed by atoms with Crippen molar-refractivity contribution < 1.29 is 18.7 Å². The molecule has 0 unspecified atom stereocenters. The molecule has 6 nitrogen and oxygen atoms in total. The van der Waals surface area contributed by atoms with Gasteiger partial charge in [0.05, 0.1) is 24.5 Å². The van der Waals surface area contributed by atoms with E-state index in [4.69, 9.17) is 21.7 Å². The van der Waals surface area contributed by atoms with Gasteiger partial charge in [-0.2, -0.15) is 5.26 Å². The number of ether oxygens (including phenoxy) is 2. The van der Waals surface area contributed by atoms with E-state index in [0.29, 0.717) is 22.7 Å². The van der Waals surface area contributed by atoms with Gasteiger partial charge in [-0.1, -0.05) is 6.58 Å². The van der Waals surface area contributed by atoms with Gasteiger partial charge in [0.2, 0.25) is 0 Å². The van der Waals surface area contributed by atoms with Crippen molar-refractivity contribution >= 4 is 28.9 Å². The minimum absolute atomic E-state index is 0.122. The summed E-state index contributed by atoms with van der Waals surface area (Å²) in [5.74, 6) is -0.455. The minimum Gasteiger partial charge on any atom is -0.495 e. The predicted molar refractivity (Wildman–Crippen MR) is 122 cm³/mol. The lowest BCUT2D eigenvalue weighted by atomic mass is 10.0. The van der Waals surface area contributed by atoms with Gasteiger partial charge < -0.3 is 14.4 Å². The van der Waals surface area contributed by atoms with E-state index in [1.165, 1.54) is 31.1 Å². The number of nitriles is 1. The average Bonchev–Trinajstić information content (AvgIpc) is 2.89.